The Morgan fingerprint density at radius 3 is 3.06 bits per heavy atom. The molecule has 0 aliphatic carbocycles. The summed E-state index contributed by atoms with van der Waals surface area (Å²) in [7, 11) is 0. The fourth-order valence-electron chi connectivity index (χ4n) is 1.17. The first kappa shape index (κ1) is 10.8. The monoisotopic (exact) mass is 239 g/mol. The zero-order chi connectivity index (χ0) is 11.5. The van der Waals surface area contributed by atoms with E-state index in [1.165, 1.54) is 12.7 Å². The first-order valence-electron chi connectivity index (χ1n) is 4.46. The highest BCUT2D eigenvalue weighted by Gasteiger charge is 2.19. The largest absolute Gasteiger partial charge is 0.480 e. The number of aromatic nitrogens is 4. The second kappa shape index (κ2) is 4.45. The number of fused-ring (bicyclic) bond motifs is 1. The lowest BCUT2D eigenvalue weighted by molar-refractivity contribution is -0.136. The summed E-state index contributed by atoms with van der Waals surface area (Å²) >= 11 is 1.08. The van der Waals surface area contributed by atoms with Gasteiger partial charge in [0.2, 0.25) is 0 Å². The van der Waals surface area contributed by atoms with E-state index in [-0.39, 0.29) is 6.54 Å². The number of hydrogen-bond donors (Lipinski definition) is 3. The van der Waals surface area contributed by atoms with Crippen LogP contribution in [-0.4, -0.2) is 42.8 Å². The van der Waals surface area contributed by atoms with Gasteiger partial charge in [-0.1, -0.05) is 11.8 Å². The van der Waals surface area contributed by atoms with Gasteiger partial charge in [0, 0.05) is 6.54 Å². The van der Waals surface area contributed by atoms with Gasteiger partial charge in [-0.3, -0.25) is 4.79 Å². The number of aliphatic carboxylic acids is 1. The normalized spacial score (nSPS) is 12.8. The minimum atomic E-state index is -0.959. The van der Waals surface area contributed by atoms with Gasteiger partial charge in [0.05, 0.1) is 6.33 Å². The van der Waals surface area contributed by atoms with Gasteiger partial charge in [0.25, 0.3) is 0 Å². The van der Waals surface area contributed by atoms with Crippen LogP contribution >= 0.6 is 11.8 Å². The molecule has 1 atom stereocenters. The summed E-state index contributed by atoms with van der Waals surface area (Å²) in [5, 5.41) is 8.71. The van der Waals surface area contributed by atoms with Crippen molar-refractivity contribution < 1.29 is 9.90 Å². The molecular formula is C8H9N5O2S. The van der Waals surface area contributed by atoms with Crippen LogP contribution in [0.3, 0.4) is 0 Å². The van der Waals surface area contributed by atoms with E-state index in [0.29, 0.717) is 16.2 Å². The van der Waals surface area contributed by atoms with Crippen molar-refractivity contribution in [2.24, 2.45) is 5.73 Å². The van der Waals surface area contributed by atoms with Crippen molar-refractivity contribution in [3.63, 3.8) is 0 Å². The number of imidazole rings is 1. The average molecular weight is 239 g/mol. The van der Waals surface area contributed by atoms with E-state index in [2.05, 4.69) is 19.9 Å². The Balaban J connectivity index is 2.33. The number of rotatable bonds is 4. The maximum atomic E-state index is 10.8. The highest BCUT2D eigenvalue weighted by atomic mass is 32.2. The highest BCUT2D eigenvalue weighted by molar-refractivity contribution is 8.00. The van der Waals surface area contributed by atoms with E-state index in [0.717, 1.165) is 11.8 Å². The second-order valence-electron chi connectivity index (χ2n) is 2.96. The van der Waals surface area contributed by atoms with Gasteiger partial charge >= 0.3 is 5.97 Å². The van der Waals surface area contributed by atoms with Crippen molar-refractivity contribution in [2.45, 2.75) is 10.3 Å². The van der Waals surface area contributed by atoms with E-state index >= 15 is 0 Å². The van der Waals surface area contributed by atoms with Crippen molar-refractivity contribution in [1.82, 2.24) is 19.9 Å². The Morgan fingerprint density at radius 2 is 2.38 bits per heavy atom. The molecule has 7 nitrogen and oxygen atoms in total. The molecule has 2 heterocycles. The zero-order valence-electron chi connectivity index (χ0n) is 8.12. The average Bonchev–Trinajstić information content (AvgIpc) is 2.73. The molecule has 0 radical (unpaired) electrons. The molecule has 0 saturated heterocycles. The maximum absolute atomic E-state index is 10.8. The van der Waals surface area contributed by atoms with Gasteiger partial charge in [-0.2, -0.15) is 0 Å². The van der Waals surface area contributed by atoms with Crippen LogP contribution in [0.1, 0.15) is 0 Å². The van der Waals surface area contributed by atoms with Crippen LogP contribution in [0.25, 0.3) is 11.2 Å². The van der Waals surface area contributed by atoms with Crippen LogP contribution in [0.5, 0.6) is 0 Å². The summed E-state index contributed by atoms with van der Waals surface area (Å²) in [6.45, 7) is 0.0413. The minimum Gasteiger partial charge on any atom is -0.480 e. The first-order chi connectivity index (χ1) is 7.72. The number of hydrogen-bond acceptors (Lipinski definition) is 6. The molecule has 0 saturated carbocycles. The number of nitrogens with two attached hydrogens (primary N) is 1. The third-order valence-corrected chi connectivity index (χ3v) is 3.14. The molecule has 0 amide bonds. The van der Waals surface area contributed by atoms with E-state index < -0.39 is 11.2 Å². The van der Waals surface area contributed by atoms with Crippen molar-refractivity contribution >= 4 is 28.9 Å². The number of nitrogens with one attached hydrogen (secondary N) is 1. The standard InChI is InChI=1S/C8H9N5O2S/c9-1-4(8(14)15)16-7-5-6(11-2-10-5)12-3-13-7/h2-4H,1,9H2,(H,14,15)(H,10,11,12,13). The fraction of sp³-hybridized carbons (Fsp3) is 0.250. The summed E-state index contributed by atoms with van der Waals surface area (Å²) in [5.41, 5.74) is 6.51. The molecule has 0 aliphatic rings. The van der Waals surface area contributed by atoms with Crippen molar-refractivity contribution in [3.05, 3.63) is 12.7 Å². The lowest BCUT2D eigenvalue weighted by Crippen LogP contribution is -2.26. The summed E-state index contributed by atoms with van der Waals surface area (Å²) < 4.78 is 0. The Hall–Kier alpha value is -1.67. The molecule has 0 spiro atoms. The molecule has 2 aromatic heterocycles. The summed E-state index contributed by atoms with van der Waals surface area (Å²) in [5.74, 6) is -0.959. The molecule has 0 aromatic carbocycles. The highest BCUT2D eigenvalue weighted by Crippen LogP contribution is 2.25. The topological polar surface area (TPSA) is 118 Å². The molecule has 4 N–H and O–H groups in total. The van der Waals surface area contributed by atoms with Gasteiger partial charge in [-0.15, -0.1) is 0 Å². The number of aromatic amines is 1. The number of carboxylic acid groups (broad SMARTS) is 1. The van der Waals surface area contributed by atoms with Crippen molar-refractivity contribution in [1.29, 1.82) is 0 Å². The number of nitrogens with zero attached hydrogens (tertiary/aromatic N) is 3. The summed E-state index contributed by atoms with van der Waals surface area (Å²) in [6.07, 6.45) is 2.84. The van der Waals surface area contributed by atoms with Gasteiger partial charge in [-0.25, -0.2) is 15.0 Å². The van der Waals surface area contributed by atoms with Crippen LogP contribution in [0, 0.1) is 0 Å². The molecule has 1 unspecified atom stereocenters. The molecule has 0 bridgehead atoms. The van der Waals surface area contributed by atoms with Crippen LogP contribution < -0.4 is 5.73 Å². The number of thioether (sulfide) groups is 1. The smallest absolute Gasteiger partial charge is 0.318 e. The molecule has 2 aromatic rings. The Kier molecular flexibility index (Phi) is 3.02. The predicted octanol–water partition coefficient (Wildman–Crippen LogP) is -0.143. The number of H-pyrrole nitrogens is 1. The molecule has 0 aliphatic heterocycles. The quantitative estimate of drug-likeness (QED) is 0.501. The Morgan fingerprint density at radius 1 is 1.56 bits per heavy atom. The lowest BCUT2D eigenvalue weighted by Gasteiger charge is -2.08. The van der Waals surface area contributed by atoms with Crippen LogP contribution in [0.15, 0.2) is 17.7 Å². The number of carbonyl (C=O) groups is 1. The zero-order valence-corrected chi connectivity index (χ0v) is 8.94. The molecule has 2 rings (SSSR count). The number of carboxylic acids is 1. The van der Waals surface area contributed by atoms with Gasteiger partial charge in [0.15, 0.2) is 5.65 Å². The van der Waals surface area contributed by atoms with Crippen molar-refractivity contribution in [3.8, 4) is 0 Å². The molecule has 0 fully saturated rings. The van der Waals surface area contributed by atoms with Crippen LogP contribution in [0.4, 0.5) is 0 Å². The third kappa shape index (κ3) is 1.97. The molecule has 8 heteroatoms. The lowest BCUT2D eigenvalue weighted by atomic mass is 10.4. The molecule has 84 valence electrons. The summed E-state index contributed by atoms with van der Waals surface area (Å²) in [4.78, 5) is 25.6. The predicted molar refractivity (Wildman–Crippen MR) is 58.0 cm³/mol. The van der Waals surface area contributed by atoms with Gasteiger partial charge in [-0.05, 0) is 0 Å². The molecular weight excluding hydrogens is 230 g/mol. The Bertz CT molecular complexity index is 514. The molecule has 16 heavy (non-hydrogen) atoms. The van der Waals surface area contributed by atoms with Gasteiger partial charge in [0.1, 0.15) is 22.1 Å². The third-order valence-electron chi connectivity index (χ3n) is 1.93. The minimum absolute atomic E-state index is 0.0413. The van der Waals surface area contributed by atoms with E-state index in [9.17, 15) is 4.79 Å². The van der Waals surface area contributed by atoms with Crippen LogP contribution in [0.2, 0.25) is 0 Å². The fourth-order valence-corrected chi connectivity index (χ4v) is 2.01. The Labute approximate surface area is 94.5 Å². The van der Waals surface area contributed by atoms with Crippen LogP contribution in [-0.2, 0) is 4.79 Å². The first-order valence-corrected chi connectivity index (χ1v) is 5.34. The van der Waals surface area contributed by atoms with E-state index in [1.807, 2.05) is 0 Å². The second-order valence-corrected chi connectivity index (χ2v) is 4.15. The SMILES string of the molecule is NCC(Sc1ncnc2nc[nH]c12)C(=O)O. The maximum Gasteiger partial charge on any atom is 0.318 e. The van der Waals surface area contributed by atoms with Gasteiger partial charge < -0.3 is 15.8 Å². The van der Waals surface area contributed by atoms with E-state index in [4.69, 9.17) is 10.8 Å². The van der Waals surface area contributed by atoms with Crippen molar-refractivity contribution in [2.75, 3.05) is 6.54 Å². The summed E-state index contributed by atoms with van der Waals surface area (Å²) in [6, 6.07) is 0. The van der Waals surface area contributed by atoms with E-state index in [1.54, 1.807) is 0 Å².